The van der Waals surface area contributed by atoms with Crippen molar-refractivity contribution >= 4 is 11.6 Å². The van der Waals surface area contributed by atoms with Crippen LogP contribution in [0.25, 0.3) is 0 Å². The van der Waals surface area contributed by atoms with E-state index in [2.05, 4.69) is 9.88 Å². The van der Waals surface area contributed by atoms with Crippen LogP contribution >= 0.6 is 11.6 Å². The number of aromatic nitrogens is 1. The van der Waals surface area contributed by atoms with Crippen molar-refractivity contribution < 1.29 is 14.9 Å². The Hall–Kier alpha value is -1.66. The highest BCUT2D eigenvalue weighted by Crippen LogP contribution is 2.25. The number of rotatable bonds is 2. The van der Waals surface area contributed by atoms with Crippen molar-refractivity contribution in [1.82, 2.24) is 9.88 Å². The smallest absolute Gasteiger partial charge is 0.122 e. The number of aliphatic hydroxyl groups is 2. The summed E-state index contributed by atoms with van der Waals surface area (Å²) < 4.78 is 5.80. The van der Waals surface area contributed by atoms with Gasteiger partial charge < -0.3 is 14.9 Å². The molecule has 1 aromatic carbocycles. The molecule has 0 bridgehead atoms. The third-order valence-electron chi connectivity index (χ3n) is 5.19. The van der Waals surface area contributed by atoms with E-state index in [-0.39, 0.29) is 6.61 Å². The maximum atomic E-state index is 10.4. The number of hydrogen-bond acceptors (Lipinski definition) is 5. The molecule has 152 valence electrons. The number of fused-ring (bicyclic) bond motifs is 1. The second kappa shape index (κ2) is 10.8. The lowest BCUT2D eigenvalue weighted by Crippen LogP contribution is -2.36. The highest BCUT2D eigenvalue weighted by atomic mass is 35.5. The van der Waals surface area contributed by atoms with Gasteiger partial charge in [-0.05, 0) is 73.7 Å². The molecule has 2 atom stereocenters. The van der Waals surface area contributed by atoms with Crippen LogP contribution in [0.4, 0.5) is 0 Å². The highest BCUT2D eigenvalue weighted by Gasteiger charge is 2.20. The minimum absolute atomic E-state index is 0.0696. The number of aryl methyl sites for hydroxylation is 1. The van der Waals surface area contributed by atoms with Crippen molar-refractivity contribution in [1.29, 1.82) is 0 Å². The van der Waals surface area contributed by atoms with Crippen molar-refractivity contribution in [3.8, 4) is 5.75 Å². The van der Waals surface area contributed by atoms with Crippen LogP contribution in [-0.4, -0.2) is 52.0 Å². The minimum atomic E-state index is -0.922. The van der Waals surface area contributed by atoms with Gasteiger partial charge in [0.2, 0.25) is 0 Å². The van der Waals surface area contributed by atoms with Gasteiger partial charge in [0.05, 0.1) is 6.10 Å². The van der Waals surface area contributed by atoms with E-state index < -0.39 is 12.2 Å². The number of pyridine rings is 1. The topological polar surface area (TPSA) is 65.8 Å². The number of aliphatic hydroxyl groups excluding tert-OH is 2. The first-order valence-electron chi connectivity index (χ1n) is 10.0. The lowest BCUT2D eigenvalue weighted by Gasteiger charge is -2.26. The van der Waals surface area contributed by atoms with E-state index in [4.69, 9.17) is 16.3 Å². The lowest BCUT2D eigenvalue weighted by atomic mass is 10.0. The molecule has 1 aliphatic rings. The number of benzene rings is 1. The summed E-state index contributed by atoms with van der Waals surface area (Å²) in [6.45, 7) is 2.58. The summed E-state index contributed by atoms with van der Waals surface area (Å²) in [7, 11) is 0. The van der Waals surface area contributed by atoms with E-state index in [0.717, 1.165) is 56.6 Å². The molecule has 6 heteroatoms. The van der Waals surface area contributed by atoms with Crippen LogP contribution in [0.1, 0.15) is 36.8 Å². The van der Waals surface area contributed by atoms with Gasteiger partial charge in [-0.3, -0.25) is 9.88 Å². The molecule has 0 aliphatic carbocycles. The molecular weight excluding hydrogens is 376 g/mol. The highest BCUT2D eigenvalue weighted by molar-refractivity contribution is 6.30. The number of halogens is 1. The predicted molar refractivity (Wildman–Crippen MR) is 111 cm³/mol. The molecule has 3 rings (SSSR count). The molecule has 0 saturated carbocycles. The number of ether oxygens (including phenoxy) is 1. The Morgan fingerprint density at radius 1 is 1.04 bits per heavy atom. The normalized spacial score (nSPS) is 22.7. The van der Waals surface area contributed by atoms with Gasteiger partial charge in [-0.1, -0.05) is 18.0 Å². The van der Waals surface area contributed by atoms with Crippen LogP contribution < -0.4 is 4.74 Å². The first kappa shape index (κ1) is 21.1. The average Bonchev–Trinajstić information content (AvgIpc) is 2.70. The zero-order valence-corrected chi connectivity index (χ0v) is 16.9. The Bertz CT molecular complexity index is 729. The molecule has 0 saturated heterocycles. The summed E-state index contributed by atoms with van der Waals surface area (Å²) in [5.74, 6) is 0.743. The van der Waals surface area contributed by atoms with Gasteiger partial charge in [-0.2, -0.15) is 0 Å². The summed E-state index contributed by atoms with van der Waals surface area (Å²) in [5.41, 5.74) is 2.26. The van der Waals surface area contributed by atoms with Crippen molar-refractivity contribution in [2.45, 2.75) is 50.9 Å². The van der Waals surface area contributed by atoms with E-state index in [1.807, 2.05) is 24.3 Å². The monoisotopic (exact) mass is 404 g/mol. The zero-order valence-electron chi connectivity index (χ0n) is 16.1. The second-order valence-electron chi connectivity index (χ2n) is 7.43. The molecule has 1 aliphatic heterocycles. The van der Waals surface area contributed by atoms with Crippen LogP contribution in [0.3, 0.4) is 0 Å². The van der Waals surface area contributed by atoms with Crippen molar-refractivity contribution in [2.75, 3.05) is 19.7 Å². The third-order valence-corrected chi connectivity index (χ3v) is 5.43. The SMILES string of the molecule is O[C@@H]1COc2ccc(Cl)cc2CCCCCN(Cc2ccncc2)CC[C@@H]1O. The molecule has 28 heavy (non-hydrogen) atoms. The fourth-order valence-electron chi connectivity index (χ4n) is 3.52. The Morgan fingerprint density at radius 2 is 1.86 bits per heavy atom. The Kier molecular flexibility index (Phi) is 8.10. The second-order valence-corrected chi connectivity index (χ2v) is 7.87. The molecule has 5 nitrogen and oxygen atoms in total. The molecule has 2 heterocycles. The van der Waals surface area contributed by atoms with Gasteiger partial charge >= 0.3 is 0 Å². The molecule has 2 aromatic rings. The molecule has 0 unspecified atom stereocenters. The first-order valence-corrected chi connectivity index (χ1v) is 10.4. The summed E-state index contributed by atoms with van der Waals surface area (Å²) in [6, 6.07) is 9.61. The van der Waals surface area contributed by atoms with Crippen molar-refractivity contribution in [3.63, 3.8) is 0 Å². The van der Waals surface area contributed by atoms with Crippen molar-refractivity contribution in [2.24, 2.45) is 0 Å². The van der Waals surface area contributed by atoms with Gasteiger partial charge in [-0.15, -0.1) is 0 Å². The maximum Gasteiger partial charge on any atom is 0.122 e. The summed E-state index contributed by atoms with van der Waals surface area (Å²) >= 11 is 6.14. The summed E-state index contributed by atoms with van der Waals surface area (Å²) in [5, 5.41) is 21.4. The Morgan fingerprint density at radius 3 is 2.68 bits per heavy atom. The fraction of sp³-hybridized carbons (Fsp3) is 0.500. The molecule has 1 aromatic heterocycles. The third kappa shape index (κ3) is 6.45. The van der Waals surface area contributed by atoms with Crippen LogP contribution in [0.2, 0.25) is 5.02 Å². The van der Waals surface area contributed by atoms with Gasteiger partial charge in [0, 0.05) is 30.5 Å². The lowest BCUT2D eigenvalue weighted by molar-refractivity contribution is -0.0163. The molecule has 0 spiro atoms. The molecule has 0 amide bonds. The largest absolute Gasteiger partial charge is 0.491 e. The van der Waals surface area contributed by atoms with E-state index in [0.29, 0.717) is 11.4 Å². The van der Waals surface area contributed by atoms with Crippen LogP contribution in [-0.2, 0) is 13.0 Å². The number of nitrogens with zero attached hydrogens (tertiary/aromatic N) is 2. The van der Waals surface area contributed by atoms with E-state index in [1.54, 1.807) is 18.5 Å². The number of hydrogen-bond donors (Lipinski definition) is 2. The molecular formula is C22H29ClN2O3. The van der Waals surface area contributed by atoms with Crippen LogP contribution in [0.15, 0.2) is 42.7 Å². The van der Waals surface area contributed by atoms with Gasteiger partial charge in [0.25, 0.3) is 0 Å². The Balaban J connectivity index is 1.67. The maximum absolute atomic E-state index is 10.4. The van der Waals surface area contributed by atoms with Gasteiger partial charge in [0.1, 0.15) is 18.5 Å². The van der Waals surface area contributed by atoms with Crippen molar-refractivity contribution in [3.05, 3.63) is 58.9 Å². The average molecular weight is 405 g/mol. The van der Waals surface area contributed by atoms with Gasteiger partial charge in [0.15, 0.2) is 0 Å². The summed E-state index contributed by atoms with van der Waals surface area (Å²) in [6.07, 6.45) is 6.51. The fourth-order valence-corrected chi connectivity index (χ4v) is 3.72. The van der Waals surface area contributed by atoms with E-state index >= 15 is 0 Å². The minimum Gasteiger partial charge on any atom is -0.491 e. The predicted octanol–water partition coefficient (Wildman–Crippen LogP) is 3.45. The van der Waals surface area contributed by atoms with Crippen LogP contribution in [0, 0.1) is 0 Å². The molecule has 2 N–H and O–H groups in total. The zero-order chi connectivity index (χ0) is 19.8. The quantitative estimate of drug-likeness (QED) is 0.802. The molecule has 0 fully saturated rings. The van der Waals surface area contributed by atoms with E-state index in [9.17, 15) is 10.2 Å². The van der Waals surface area contributed by atoms with Gasteiger partial charge in [-0.25, -0.2) is 0 Å². The van der Waals surface area contributed by atoms with E-state index in [1.165, 1.54) is 5.56 Å². The standard InChI is InChI=1S/C22H29ClN2O3/c23-19-5-6-22-18(14-19)4-2-1-3-12-25(15-17-7-10-24-11-8-17)13-9-20(26)21(27)16-28-22/h5-8,10-11,14,20-21,26-27H,1-4,9,12-13,15-16H2/t20-,21+/m0/s1. The molecule has 0 radical (unpaired) electrons. The first-order chi connectivity index (χ1) is 13.6. The Labute approximate surface area is 171 Å². The summed E-state index contributed by atoms with van der Waals surface area (Å²) in [4.78, 5) is 6.41. The van der Waals surface area contributed by atoms with Crippen LogP contribution in [0.5, 0.6) is 5.75 Å².